The minimum atomic E-state index is -0.222. The van der Waals surface area contributed by atoms with Gasteiger partial charge in [0.15, 0.2) is 0 Å². The fraction of sp³-hybridized carbons (Fsp3) is 0.533. The molecule has 0 spiro atoms. The Morgan fingerprint density at radius 1 is 1.37 bits per heavy atom. The maximum absolute atomic E-state index is 13.4. The minimum Gasteiger partial charge on any atom is -0.326 e. The highest BCUT2D eigenvalue weighted by atomic mass is 19.1. The van der Waals surface area contributed by atoms with Crippen LogP contribution in [-0.2, 0) is 6.42 Å². The van der Waals surface area contributed by atoms with Gasteiger partial charge in [0.25, 0.3) is 0 Å². The van der Waals surface area contributed by atoms with Crippen molar-refractivity contribution in [2.75, 3.05) is 0 Å². The van der Waals surface area contributed by atoms with E-state index in [1.165, 1.54) is 6.07 Å². The number of rotatable bonds is 4. The number of aromatic nitrogens is 2. The maximum atomic E-state index is 13.4. The molecular weight excluding hydrogens is 241 g/mol. The third kappa shape index (κ3) is 3.13. The third-order valence-electron chi connectivity index (χ3n) is 3.23. The number of hydrogen-bond acceptors (Lipinski definition) is 2. The van der Waals surface area contributed by atoms with Gasteiger partial charge in [-0.2, -0.15) is 0 Å². The summed E-state index contributed by atoms with van der Waals surface area (Å²) in [6.07, 6.45) is 1.66. The first-order chi connectivity index (χ1) is 8.78. The second kappa shape index (κ2) is 4.93. The molecule has 0 unspecified atom stereocenters. The van der Waals surface area contributed by atoms with E-state index in [1.54, 1.807) is 12.1 Å². The number of nitrogens with two attached hydrogens (primary N) is 1. The number of imidazole rings is 1. The Balaban J connectivity index is 2.45. The van der Waals surface area contributed by atoms with Crippen LogP contribution in [0.3, 0.4) is 0 Å². The molecule has 3 nitrogen and oxygen atoms in total. The van der Waals surface area contributed by atoms with E-state index in [9.17, 15) is 4.39 Å². The first kappa shape index (κ1) is 14.0. The minimum absolute atomic E-state index is 0.217. The molecule has 104 valence electrons. The highest BCUT2D eigenvalue weighted by molar-refractivity contribution is 5.76. The molecule has 1 aromatic heterocycles. The van der Waals surface area contributed by atoms with E-state index in [0.717, 1.165) is 29.7 Å². The maximum Gasteiger partial charge on any atom is 0.125 e. The lowest BCUT2D eigenvalue weighted by molar-refractivity contribution is 0.459. The fourth-order valence-corrected chi connectivity index (χ4v) is 2.30. The summed E-state index contributed by atoms with van der Waals surface area (Å²) in [5.41, 5.74) is 7.52. The first-order valence-corrected chi connectivity index (χ1v) is 6.73. The molecule has 0 amide bonds. The van der Waals surface area contributed by atoms with Crippen LogP contribution in [0.15, 0.2) is 18.2 Å². The Bertz CT molecular complexity index is 579. The van der Waals surface area contributed by atoms with E-state index in [1.807, 2.05) is 13.8 Å². The van der Waals surface area contributed by atoms with E-state index in [2.05, 4.69) is 23.4 Å². The van der Waals surface area contributed by atoms with Crippen molar-refractivity contribution in [2.24, 2.45) is 5.73 Å². The predicted molar refractivity (Wildman–Crippen MR) is 76.7 cm³/mol. The monoisotopic (exact) mass is 263 g/mol. The SMILES string of the molecule is CC(C)n1c(CCC(C)(C)N)nc2ccc(F)cc21. The molecule has 19 heavy (non-hydrogen) atoms. The lowest BCUT2D eigenvalue weighted by Crippen LogP contribution is -2.32. The number of fused-ring (bicyclic) bond motifs is 1. The molecule has 1 aromatic carbocycles. The van der Waals surface area contributed by atoms with E-state index in [4.69, 9.17) is 5.73 Å². The average Bonchev–Trinajstić information content (AvgIpc) is 2.63. The van der Waals surface area contributed by atoms with E-state index in [0.29, 0.717) is 0 Å². The van der Waals surface area contributed by atoms with Crippen LogP contribution >= 0.6 is 0 Å². The van der Waals surface area contributed by atoms with Gasteiger partial charge in [-0.1, -0.05) is 0 Å². The second-order valence-corrected chi connectivity index (χ2v) is 6.11. The summed E-state index contributed by atoms with van der Waals surface area (Å²) in [6, 6.07) is 5.00. The van der Waals surface area contributed by atoms with Crippen LogP contribution in [0.25, 0.3) is 11.0 Å². The lowest BCUT2D eigenvalue weighted by atomic mass is 10.00. The van der Waals surface area contributed by atoms with Gasteiger partial charge in [-0.15, -0.1) is 0 Å². The van der Waals surface area contributed by atoms with Crippen LogP contribution in [0.4, 0.5) is 4.39 Å². The summed E-state index contributed by atoms with van der Waals surface area (Å²) >= 11 is 0. The summed E-state index contributed by atoms with van der Waals surface area (Å²) < 4.78 is 15.5. The highest BCUT2D eigenvalue weighted by Crippen LogP contribution is 2.23. The third-order valence-corrected chi connectivity index (χ3v) is 3.23. The smallest absolute Gasteiger partial charge is 0.125 e. The summed E-state index contributed by atoms with van der Waals surface area (Å²) in [5, 5.41) is 0. The Labute approximate surface area is 113 Å². The van der Waals surface area contributed by atoms with Crippen molar-refractivity contribution >= 4 is 11.0 Å². The summed E-state index contributed by atoms with van der Waals surface area (Å²) in [7, 11) is 0. The van der Waals surface area contributed by atoms with Crippen LogP contribution < -0.4 is 5.73 Å². The molecular formula is C15H22FN3. The Morgan fingerprint density at radius 2 is 2.05 bits per heavy atom. The molecule has 1 heterocycles. The molecule has 0 aliphatic heterocycles. The van der Waals surface area contributed by atoms with Crippen molar-refractivity contribution in [3.63, 3.8) is 0 Å². The van der Waals surface area contributed by atoms with Gasteiger partial charge < -0.3 is 10.3 Å². The first-order valence-electron chi connectivity index (χ1n) is 6.73. The largest absolute Gasteiger partial charge is 0.326 e. The summed E-state index contributed by atoms with van der Waals surface area (Å²) in [6.45, 7) is 8.19. The lowest BCUT2D eigenvalue weighted by Gasteiger charge is -2.19. The molecule has 0 bridgehead atoms. The molecule has 0 atom stereocenters. The Hall–Kier alpha value is -1.42. The topological polar surface area (TPSA) is 43.8 Å². The van der Waals surface area contributed by atoms with Gasteiger partial charge in [0.1, 0.15) is 11.6 Å². The van der Waals surface area contributed by atoms with Gasteiger partial charge in [0, 0.05) is 18.0 Å². The molecule has 0 saturated carbocycles. The molecule has 0 aliphatic rings. The quantitative estimate of drug-likeness (QED) is 0.918. The zero-order chi connectivity index (χ0) is 14.2. The van der Waals surface area contributed by atoms with Crippen LogP contribution in [0.1, 0.15) is 46.0 Å². The fourth-order valence-electron chi connectivity index (χ4n) is 2.30. The van der Waals surface area contributed by atoms with E-state index >= 15 is 0 Å². The van der Waals surface area contributed by atoms with Gasteiger partial charge in [-0.25, -0.2) is 9.37 Å². The summed E-state index contributed by atoms with van der Waals surface area (Å²) in [4.78, 5) is 4.62. The molecule has 4 heteroatoms. The van der Waals surface area contributed by atoms with Crippen molar-refractivity contribution in [3.05, 3.63) is 29.8 Å². The van der Waals surface area contributed by atoms with Gasteiger partial charge in [0.2, 0.25) is 0 Å². The number of halogens is 1. The van der Waals surface area contributed by atoms with Crippen molar-refractivity contribution in [1.82, 2.24) is 9.55 Å². The van der Waals surface area contributed by atoms with Crippen molar-refractivity contribution in [1.29, 1.82) is 0 Å². The van der Waals surface area contributed by atoms with Crippen LogP contribution in [-0.4, -0.2) is 15.1 Å². The van der Waals surface area contributed by atoms with Gasteiger partial charge >= 0.3 is 0 Å². The Morgan fingerprint density at radius 3 is 2.63 bits per heavy atom. The zero-order valence-electron chi connectivity index (χ0n) is 12.1. The van der Waals surface area contributed by atoms with Crippen LogP contribution in [0.5, 0.6) is 0 Å². The van der Waals surface area contributed by atoms with Crippen molar-refractivity contribution in [3.8, 4) is 0 Å². The highest BCUT2D eigenvalue weighted by Gasteiger charge is 2.17. The number of aryl methyl sites for hydroxylation is 1. The second-order valence-electron chi connectivity index (χ2n) is 6.11. The molecule has 0 aliphatic carbocycles. The van der Waals surface area contributed by atoms with Gasteiger partial charge in [-0.3, -0.25) is 0 Å². The van der Waals surface area contributed by atoms with Crippen molar-refractivity contribution in [2.45, 2.75) is 52.1 Å². The zero-order valence-corrected chi connectivity index (χ0v) is 12.1. The van der Waals surface area contributed by atoms with Crippen LogP contribution in [0, 0.1) is 5.82 Å². The van der Waals surface area contributed by atoms with E-state index < -0.39 is 0 Å². The number of hydrogen-bond donors (Lipinski definition) is 1. The number of benzene rings is 1. The average molecular weight is 263 g/mol. The number of nitrogens with zero attached hydrogens (tertiary/aromatic N) is 2. The van der Waals surface area contributed by atoms with Gasteiger partial charge in [0.05, 0.1) is 11.0 Å². The molecule has 0 saturated heterocycles. The molecule has 2 aromatic rings. The van der Waals surface area contributed by atoms with Gasteiger partial charge in [-0.05, 0) is 52.3 Å². The standard InChI is InChI=1S/C15H22FN3/c1-10(2)19-13-9-11(16)5-6-12(13)18-14(19)7-8-15(3,4)17/h5-6,9-10H,7-8,17H2,1-4H3. The summed E-state index contributed by atoms with van der Waals surface area (Å²) in [5.74, 6) is 0.758. The molecule has 2 rings (SSSR count). The molecule has 0 fully saturated rings. The van der Waals surface area contributed by atoms with Crippen LogP contribution in [0.2, 0.25) is 0 Å². The molecule has 0 radical (unpaired) electrons. The van der Waals surface area contributed by atoms with E-state index in [-0.39, 0.29) is 17.4 Å². The van der Waals surface area contributed by atoms with Crippen molar-refractivity contribution < 1.29 is 4.39 Å². The normalized spacial score (nSPS) is 12.6. The molecule has 2 N–H and O–H groups in total. The Kier molecular flexibility index (Phi) is 3.63. The predicted octanol–water partition coefficient (Wildman–Crippen LogP) is 3.43.